The van der Waals surface area contributed by atoms with Crippen LogP contribution >= 0.6 is 11.3 Å². The number of hydrogen-bond donors (Lipinski definition) is 2. The molecule has 26 heavy (non-hydrogen) atoms. The highest BCUT2D eigenvalue weighted by Gasteiger charge is 2.07. The number of nitrogens with one attached hydrogen (secondary N) is 2. The van der Waals surface area contributed by atoms with Crippen LogP contribution in [0.15, 0.2) is 39.5 Å². The second-order valence-corrected chi connectivity index (χ2v) is 6.49. The molecule has 0 aromatic carbocycles. The topological polar surface area (TPSA) is 93.2 Å². The van der Waals surface area contributed by atoms with E-state index in [1.807, 2.05) is 29.0 Å². The van der Waals surface area contributed by atoms with E-state index < -0.39 is 0 Å². The molecular formula is C17H23N7OS. The average Bonchev–Trinajstić information content (AvgIpc) is 3.40. The lowest BCUT2D eigenvalue weighted by atomic mass is 10.4. The first-order chi connectivity index (χ1) is 12.8. The monoisotopic (exact) mass is 373 g/mol. The maximum absolute atomic E-state index is 5.53. The Morgan fingerprint density at radius 3 is 3.04 bits per heavy atom. The van der Waals surface area contributed by atoms with Gasteiger partial charge in [0.1, 0.15) is 24.1 Å². The van der Waals surface area contributed by atoms with Crippen LogP contribution in [0.25, 0.3) is 10.8 Å². The van der Waals surface area contributed by atoms with Crippen molar-refractivity contribution in [2.45, 2.75) is 33.4 Å². The molecule has 0 fully saturated rings. The normalized spacial score (nSPS) is 11.7. The Balaban J connectivity index is 1.55. The molecule has 0 aliphatic rings. The second-order valence-electron chi connectivity index (χ2n) is 5.54. The van der Waals surface area contributed by atoms with E-state index in [4.69, 9.17) is 4.42 Å². The van der Waals surface area contributed by atoms with Gasteiger partial charge in [-0.25, -0.2) is 9.98 Å². The largest absolute Gasteiger partial charge is 0.443 e. The molecule has 0 radical (unpaired) electrons. The van der Waals surface area contributed by atoms with E-state index in [1.165, 1.54) is 0 Å². The first-order valence-corrected chi connectivity index (χ1v) is 9.55. The molecule has 138 valence electrons. The number of guanidine groups is 1. The summed E-state index contributed by atoms with van der Waals surface area (Å²) in [6, 6.07) is 3.97. The Morgan fingerprint density at radius 2 is 2.27 bits per heavy atom. The number of rotatable bonds is 8. The lowest BCUT2D eigenvalue weighted by molar-refractivity contribution is 0.574. The number of nitrogens with zero attached hydrogens (tertiary/aromatic N) is 5. The highest BCUT2D eigenvalue weighted by molar-refractivity contribution is 7.13. The van der Waals surface area contributed by atoms with Crippen molar-refractivity contribution in [3.05, 3.63) is 41.6 Å². The third kappa shape index (κ3) is 4.69. The zero-order valence-electron chi connectivity index (χ0n) is 15.0. The van der Waals surface area contributed by atoms with Gasteiger partial charge in [0.05, 0.1) is 11.4 Å². The number of oxazole rings is 1. The van der Waals surface area contributed by atoms with Crippen molar-refractivity contribution in [1.82, 2.24) is 30.4 Å². The molecule has 9 heteroatoms. The van der Waals surface area contributed by atoms with Crippen LogP contribution in [0.4, 0.5) is 0 Å². The molecule has 8 nitrogen and oxygen atoms in total. The SMILES string of the molecule is CCNC(=NCc1coc(-c2cccs2)n1)NCCn1cnnc1CC. The lowest BCUT2D eigenvalue weighted by Gasteiger charge is -2.11. The molecule has 0 atom stereocenters. The molecule has 2 N–H and O–H groups in total. The van der Waals surface area contributed by atoms with E-state index in [9.17, 15) is 0 Å². The molecule has 0 spiro atoms. The number of aryl methyl sites for hydroxylation is 1. The summed E-state index contributed by atoms with van der Waals surface area (Å²) in [5, 5.41) is 16.6. The van der Waals surface area contributed by atoms with Crippen molar-refractivity contribution in [2.75, 3.05) is 13.1 Å². The third-order valence-corrected chi connectivity index (χ3v) is 4.54. The standard InChI is InChI=1S/C17H23N7OS/c1-3-15-23-21-12-24(15)8-7-19-17(18-4-2)20-10-13-11-25-16(22-13)14-6-5-9-26-14/h5-6,9,11-12H,3-4,7-8,10H2,1-2H3,(H2,18,19,20). The summed E-state index contributed by atoms with van der Waals surface area (Å²) in [5.41, 5.74) is 0.803. The second kappa shape index (κ2) is 9.14. The summed E-state index contributed by atoms with van der Waals surface area (Å²) in [6.07, 6.45) is 4.28. The Labute approximate surface area is 156 Å². The van der Waals surface area contributed by atoms with Crippen LogP contribution in [0.3, 0.4) is 0 Å². The van der Waals surface area contributed by atoms with Crippen LogP contribution in [0, 0.1) is 0 Å². The summed E-state index contributed by atoms with van der Waals surface area (Å²) in [4.78, 5) is 10.1. The van der Waals surface area contributed by atoms with E-state index in [-0.39, 0.29) is 0 Å². The Morgan fingerprint density at radius 1 is 1.35 bits per heavy atom. The predicted molar refractivity (Wildman–Crippen MR) is 102 cm³/mol. The fraction of sp³-hybridized carbons (Fsp3) is 0.412. The summed E-state index contributed by atoms with van der Waals surface area (Å²) in [6.45, 7) is 6.87. The Bertz CT molecular complexity index is 822. The van der Waals surface area contributed by atoms with Crippen LogP contribution in [0.2, 0.25) is 0 Å². The molecule has 0 saturated carbocycles. The van der Waals surface area contributed by atoms with Crippen molar-refractivity contribution >= 4 is 17.3 Å². The van der Waals surface area contributed by atoms with Gasteiger partial charge in [-0.2, -0.15) is 0 Å². The minimum absolute atomic E-state index is 0.455. The van der Waals surface area contributed by atoms with Gasteiger partial charge in [-0.05, 0) is 18.4 Å². The number of aromatic nitrogens is 4. The first-order valence-electron chi connectivity index (χ1n) is 8.67. The molecule has 3 aromatic heterocycles. The maximum atomic E-state index is 5.53. The van der Waals surface area contributed by atoms with E-state index in [1.54, 1.807) is 23.9 Å². The minimum atomic E-state index is 0.455. The smallest absolute Gasteiger partial charge is 0.236 e. The lowest BCUT2D eigenvalue weighted by Crippen LogP contribution is -2.38. The van der Waals surface area contributed by atoms with Gasteiger partial charge in [0.2, 0.25) is 5.89 Å². The Kier molecular flexibility index (Phi) is 6.37. The quantitative estimate of drug-likeness (QED) is 0.465. The predicted octanol–water partition coefficient (Wildman–Crippen LogP) is 2.31. The van der Waals surface area contributed by atoms with E-state index in [0.717, 1.165) is 48.4 Å². The van der Waals surface area contributed by atoms with E-state index >= 15 is 0 Å². The van der Waals surface area contributed by atoms with Gasteiger partial charge < -0.3 is 19.6 Å². The van der Waals surface area contributed by atoms with Crippen molar-refractivity contribution in [3.8, 4) is 10.8 Å². The molecule has 0 saturated heterocycles. The molecule has 3 aromatic rings. The molecule has 0 amide bonds. The fourth-order valence-electron chi connectivity index (χ4n) is 2.43. The number of thiophene rings is 1. The number of aliphatic imine (C=N–C) groups is 1. The third-order valence-electron chi connectivity index (χ3n) is 3.68. The van der Waals surface area contributed by atoms with Crippen LogP contribution in [-0.4, -0.2) is 38.8 Å². The van der Waals surface area contributed by atoms with Crippen molar-refractivity contribution in [1.29, 1.82) is 0 Å². The van der Waals surface area contributed by atoms with Crippen LogP contribution in [0.5, 0.6) is 0 Å². The zero-order valence-corrected chi connectivity index (χ0v) is 15.8. The average molecular weight is 373 g/mol. The van der Waals surface area contributed by atoms with Crippen LogP contribution in [-0.2, 0) is 19.5 Å². The van der Waals surface area contributed by atoms with Gasteiger partial charge >= 0.3 is 0 Å². The molecule has 0 bridgehead atoms. The van der Waals surface area contributed by atoms with E-state index in [0.29, 0.717) is 12.4 Å². The highest BCUT2D eigenvalue weighted by Crippen LogP contribution is 2.23. The van der Waals surface area contributed by atoms with Gasteiger partial charge in [0.15, 0.2) is 5.96 Å². The molecule has 3 heterocycles. The summed E-state index contributed by atoms with van der Waals surface area (Å²) >= 11 is 1.61. The van der Waals surface area contributed by atoms with Gasteiger partial charge in [-0.3, -0.25) is 0 Å². The first kappa shape index (κ1) is 18.1. The van der Waals surface area contributed by atoms with Crippen molar-refractivity contribution < 1.29 is 4.42 Å². The van der Waals surface area contributed by atoms with Gasteiger partial charge in [0, 0.05) is 26.1 Å². The van der Waals surface area contributed by atoms with Gasteiger partial charge in [-0.1, -0.05) is 13.0 Å². The number of hydrogen-bond acceptors (Lipinski definition) is 6. The molecule has 3 rings (SSSR count). The zero-order chi connectivity index (χ0) is 18.2. The maximum Gasteiger partial charge on any atom is 0.236 e. The fourth-order valence-corrected chi connectivity index (χ4v) is 3.08. The van der Waals surface area contributed by atoms with Crippen molar-refractivity contribution in [3.63, 3.8) is 0 Å². The molecular weight excluding hydrogens is 350 g/mol. The Hall–Kier alpha value is -2.68. The van der Waals surface area contributed by atoms with E-state index in [2.05, 4.69) is 37.7 Å². The van der Waals surface area contributed by atoms with Crippen LogP contribution in [0.1, 0.15) is 25.4 Å². The molecule has 0 unspecified atom stereocenters. The molecule has 0 aliphatic heterocycles. The van der Waals surface area contributed by atoms with Crippen molar-refractivity contribution in [2.24, 2.45) is 4.99 Å². The minimum Gasteiger partial charge on any atom is -0.443 e. The molecule has 0 aliphatic carbocycles. The summed E-state index contributed by atoms with van der Waals surface area (Å²) in [5.74, 6) is 2.37. The van der Waals surface area contributed by atoms with Crippen LogP contribution < -0.4 is 10.6 Å². The van der Waals surface area contributed by atoms with Gasteiger partial charge in [0.25, 0.3) is 0 Å². The van der Waals surface area contributed by atoms with Gasteiger partial charge in [-0.15, -0.1) is 21.5 Å². The summed E-state index contributed by atoms with van der Waals surface area (Å²) < 4.78 is 7.57. The summed E-state index contributed by atoms with van der Waals surface area (Å²) in [7, 11) is 0. The highest BCUT2D eigenvalue weighted by atomic mass is 32.1.